The summed E-state index contributed by atoms with van der Waals surface area (Å²) >= 11 is 1.32. The molecule has 9 heteroatoms. The van der Waals surface area contributed by atoms with E-state index in [9.17, 15) is 0 Å². The summed E-state index contributed by atoms with van der Waals surface area (Å²) in [6, 6.07) is 8.27. The highest BCUT2D eigenvalue weighted by molar-refractivity contribution is 7.99. The molecule has 168 valence electrons. The Morgan fingerprint density at radius 2 is 1.94 bits per heavy atom. The second-order valence-corrected chi connectivity index (χ2v) is 9.58. The monoisotopic (exact) mass is 458 g/mol. The Labute approximate surface area is 197 Å². The molecule has 3 aromatic rings. The van der Waals surface area contributed by atoms with Crippen molar-refractivity contribution in [3.8, 4) is 11.8 Å². The summed E-state index contributed by atoms with van der Waals surface area (Å²) in [5.41, 5.74) is 22.4. The average Bonchev–Trinajstić information content (AvgIpc) is 3.07. The Morgan fingerprint density at radius 3 is 2.67 bits per heavy atom. The molecule has 1 aliphatic heterocycles. The molecule has 1 fully saturated rings. The van der Waals surface area contributed by atoms with Crippen LogP contribution in [0.3, 0.4) is 0 Å². The maximum Gasteiger partial charge on any atom is 0.221 e. The second-order valence-electron chi connectivity index (χ2n) is 8.57. The van der Waals surface area contributed by atoms with Crippen LogP contribution >= 0.6 is 11.8 Å². The number of hydrogen-bond donors (Lipinski definition) is 3. The molecular weight excluding hydrogens is 432 g/mol. The van der Waals surface area contributed by atoms with E-state index in [1.807, 2.05) is 6.92 Å². The summed E-state index contributed by atoms with van der Waals surface area (Å²) in [5.74, 6) is 7.51. The molecule has 1 spiro atoms. The minimum absolute atomic E-state index is 0.0310. The Kier molecular flexibility index (Phi) is 5.56. The number of benzene rings is 1. The fourth-order valence-electron chi connectivity index (χ4n) is 4.88. The van der Waals surface area contributed by atoms with Gasteiger partial charge in [-0.1, -0.05) is 12.0 Å². The zero-order valence-corrected chi connectivity index (χ0v) is 19.3. The van der Waals surface area contributed by atoms with E-state index in [2.05, 4.69) is 54.9 Å². The highest BCUT2D eigenvalue weighted by atomic mass is 32.2. The van der Waals surface area contributed by atoms with Crippen molar-refractivity contribution >= 4 is 29.3 Å². The van der Waals surface area contributed by atoms with Gasteiger partial charge in [0.2, 0.25) is 5.95 Å². The van der Waals surface area contributed by atoms with E-state index >= 15 is 0 Å². The first-order valence-corrected chi connectivity index (χ1v) is 11.7. The summed E-state index contributed by atoms with van der Waals surface area (Å²) in [7, 11) is 0. The molecule has 2 aromatic heterocycles. The lowest BCUT2D eigenvalue weighted by Crippen LogP contribution is -2.44. The average molecular weight is 459 g/mol. The SMILES string of the molecule is CC#Cc1ccc2c(c1)[C@@H](N)C1(CCN(c3cnc(Sc4ccnc(N)n4)c(N)n3)CC1)C2. The highest BCUT2D eigenvalue weighted by Gasteiger charge is 2.46. The van der Waals surface area contributed by atoms with Crippen LogP contribution in [0.5, 0.6) is 0 Å². The van der Waals surface area contributed by atoms with Crippen molar-refractivity contribution in [2.24, 2.45) is 11.1 Å². The zero-order chi connectivity index (χ0) is 23.0. The normalized spacial score (nSPS) is 18.6. The van der Waals surface area contributed by atoms with Gasteiger partial charge in [-0.25, -0.2) is 19.9 Å². The molecule has 1 aliphatic carbocycles. The van der Waals surface area contributed by atoms with Crippen LogP contribution < -0.4 is 22.1 Å². The summed E-state index contributed by atoms with van der Waals surface area (Å²) < 4.78 is 0. The molecular formula is C24H26N8S. The van der Waals surface area contributed by atoms with Crippen molar-refractivity contribution in [3.63, 3.8) is 0 Å². The molecule has 8 nitrogen and oxygen atoms in total. The molecule has 1 aromatic carbocycles. The first kappa shape index (κ1) is 21.5. The molecule has 0 saturated carbocycles. The van der Waals surface area contributed by atoms with Gasteiger partial charge in [-0.2, -0.15) is 0 Å². The van der Waals surface area contributed by atoms with Crippen LogP contribution in [-0.4, -0.2) is 33.0 Å². The summed E-state index contributed by atoms with van der Waals surface area (Å²) in [6.07, 6.45) is 6.39. The first-order chi connectivity index (χ1) is 16.0. The van der Waals surface area contributed by atoms with Gasteiger partial charge in [0.15, 0.2) is 5.82 Å². The molecule has 1 saturated heterocycles. The van der Waals surface area contributed by atoms with E-state index in [-0.39, 0.29) is 17.4 Å². The maximum absolute atomic E-state index is 6.80. The molecule has 1 atom stereocenters. The van der Waals surface area contributed by atoms with Gasteiger partial charge >= 0.3 is 0 Å². The van der Waals surface area contributed by atoms with Gasteiger partial charge in [0, 0.05) is 30.9 Å². The van der Waals surface area contributed by atoms with Gasteiger partial charge in [0.05, 0.1) is 6.20 Å². The molecule has 0 bridgehead atoms. The lowest BCUT2D eigenvalue weighted by molar-refractivity contribution is 0.187. The quantitative estimate of drug-likeness (QED) is 0.400. The lowest BCUT2D eigenvalue weighted by Gasteiger charge is -2.42. The van der Waals surface area contributed by atoms with Crippen LogP contribution in [0.1, 0.15) is 42.5 Å². The van der Waals surface area contributed by atoms with Crippen molar-refractivity contribution in [1.29, 1.82) is 0 Å². The predicted octanol–water partition coefficient (Wildman–Crippen LogP) is 2.80. The van der Waals surface area contributed by atoms with Crippen LogP contribution in [0.25, 0.3) is 0 Å². The maximum atomic E-state index is 6.80. The fraction of sp³-hybridized carbons (Fsp3) is 0.333. The summed E-state index contributed by atoms with van der Waals surface area (Å²) in [5, 5.41) is 1.28. The molecule has 2 aliphatic rings. The van der Waals surface area contributed by atoms with Gasteiger partial charge in [0.1, 0.15) is 15.9 Å². The van der Waals surface area contributed by atoms with Crippen molar-refractivity contribution < 1.29 is 0 Å². The number of nitrogen functional groups attached to an aromatic ring is 2. The third-order valence-corrected chi connectivity index (χ3v) is 7.58. The Bertz CT molecular complexity index is 1260. The standard InChI is InChI=1S/C24H26N8S/c1-2-3-15-4-5-16-13-24(20(25)17(16)12-15)7-10-32(11-8-24)18-14-29-22(21(26)30-18)33-19-6-9-28-23(27)31-19/h4-6,9,12,14,20H,7-8,10-11,13,25H2,1H3,(H2,26,30)(H2,27,28,31)/t20-/m1/s1. The predicted molar refractivity (Wildman–Crippen MR) is 131 cm³/mol. The van der Waals surface area contributed by atoms with Gasteiger partial charge in [0.25, 0.3) is 0 Å². The number of piperidine rings is 1. The van der Waals surface area contributed by atoms with E-state index in [0.717, 1.165) is 43.7 Å². The first-order valence-electron chi connectivity index (χ1n) is 10.9. The van der Waals surface area contributed by atoms with E-state index in [0.29, 0.717) is 15.9 Å². The van der Waals surface area contributed by atoms with Crippen LogP contribution in [-0.2, 0) is 6.42 Å². The Morgan fingerprint density at radius 1 is 1.12 bits per heavy atom. The lowest BCUT2D eigenvalue weighted by atomic mass is 9.73. The van der Waals surface area contributed by atoms with Crippen LogP contribution in [0.15, 0.2) is 46.7 Å². The minimum atomic E-state index is 0.0310. The van der Waals surface area contributed by atoms with E-state index in [1.54, 1.807) is 18.5 Å². The molecule has 3 heterocycles. The number of hydrogen-bond acceptors (Lipinski definition) is 9. The third-order valence-electron chi connectivity index (χ3n) is 6.64. The van der Waals surface area contributed by atoms with Crippen molar-refractivity contribution in [2.45, 2.75) is 42.3 Å². The minimum Gasteiger partial charge on any atom is -0.381 e. The summed E-state index contributed by atoms with van der Waals surface area (Å²) in [4.78, 5) is 19.5. The van der Waals surface area contributed by atoms with Crippen molar-refractivity contribution in [2.75, 3.05) is 29.5 Å². The smallest absolute Gasteiger partial charge is 0.221 e. The fourth-order valence-corrected chi connectivity index (χ4v) is 5.60. The number of aromatic nitrogens is 4. The van der Waals surface area contributed by atoms with Gasteiger partial charge in [-0.05, 0) is 72.7 Å². The van der Waals surface area contributed by atoms with E-state index in [1.165, 1.54) is 22.9 Å². The number of nitrogens with zero attached hydrogens (tertiary/aromatic N) is 5. The van der Waals surface area contributed by atoms with Gasteiger partial charge < -0.3 is 22.1 Å². The van der Waals surface area contributed by atoms with Crippen LogP contribution in [0.2, 0.25) is 0 Å². The van der Waals surface area contributed by atoms with Crippen LogP contribution in [0, 0.1) is 17.3 Å². The molecule has 0 amide bonds. The Hall–Kier alpha value is -3.35. The van der Waals surface area contributed by atoms with Crippen molar-refractivity contribution in [1.82, 2.24) is 19.9 Å². The van der Waals surface area contributed by atoms with E-state index < -0.39 is 0 Å². The number of fused-ring (bicyclic) bond motifs is 1. The number of anilines is 3. The topological polar surface area (TPSA) is 133 Å². The largest absolute Gasteiger partial charge is 0.381 e. The highest BCUT2D eigenvalue weighted by Crippen LogP contribution is 2.51. The third kappa shape index (κ3) is 4.08. The molecule has 6 N–H and O–H groups in total. The summed E-state index contributed by atoms with van der Waals surface area (Å²) in [6.45, 7) is 3.59. The van der Waals surface area contributed by atoms with Crippen molar-refractivity contribution in [3.05, 3.63) is 53.3 Å². The molecule has 0 radical (unpaired) electrons. The molecule has 5 rings (SSSR count). The Balaban J connectivity index is 1.28. The second kappa shape index (κ2) is 8.54. The van der Waals surface area contributed by atoms with Crippen LogP contribution in [0.4, 0.5) is 17.6 Å². The van der Waals surface area contributed by atoms with E-state index in [4.69, 9.17) is 17.2 Å². The number of rotatable bonds is 3. The number of nitrogens with two attached hydrogens (primary N) is 3. The molecule has 0 unspecified atom stereocenters. The van der Waals surface area contributed by atoms with Gasteiger partial charge in [-0.15, -0.1) is 5.92 Å². The molecule has 33 heavy (non-hydrogen) atoms. The zero-order valence-electron chi connectivity index (χ0n) is 18.5. The van der Waals surface area contributed by atoms with Gasteiger partial charge in [-0.3, -0.25) is 0 Å².